The molecule has 1 amide bonds. The number of fused-ring (bicyclic) bond motifs is 1. The van der Waals surface area contributed by atoms with Gasteiger partial charge in [-0.15, -0.1) is 0 Å². The number of nitrogens with zero attached hydrogens (tertiary/aromatic N) is 1. The second-order valence-electron chi connectivity index (χ2n) is 17.4. The number of ketones is 1. The minimum absolute atomic E-state index is 0.0829. The van der Waals surface area contributed by atoms with Crippen LogP contribution in [0.1, 0.15) is 80.5 Å². The summed E-state index contributed by atoms with van der Waals surface area (Å²) in [4.78, 5) is 31.0. The van der Waals surface area contributed by atoms with Crippen LogP contribution in [0.15, 0.2) is 83.0 Å². The predicted octanol–water partition coefficient (Wildman–Crippen LogP) is 7.36. The summed E-state index contributed by atoms with van der Waals surface area (Å²) in [6.45, 7) is 4.87. The fourth-order valence-corrected chi connectivity index (χ4v) is 12.2. The maximum Gasteiger partial charge on any atom is 0.227 e. The van der Waals surface area contributed by atoms with E-state index in [-0.39, 0.29) is 48.5 Å². The van der Waals surface area contributed by atoms with Gasteiger partial charge in [-0.25, -0.2) is 0 Å². The van der Waals surface area contributed by atoms with Crippen molar-refractivity contribution in [2.45, 2.75) is 83.5 Å². The molecule has 3 saturated carbocycles. The number of methoxy groups -OCH3 is 4. The summed E-state index contributed by atoms with van der Waals surface area (Å²) >= 11 is 0. The summed E-state index contributed by atoms with van der Waals surface area (Å²) in [7, 11) is 6.35. The normalized spacial score (nSPS) is 33.8. The molecule has 3 fully saturated rings. The van der Waals surface area contributed by atoms with Gasteiger partial charge in [0, 0.05) is 40.0 Å². The van der Waals surface area contributed by atoms with Crippen molar-refractivity contribution in [1.82, 2.24) is 4.90 Å². The van der Waals surface area contributed by atoms with Gasteiger partial charge in [-0.05, 0) is 104 Å². The number of carbonyl (C=O) groups excluding carboxylic acids is 2. The minimum atomic E-state index is -1.27. The summed E-state index contributed by atoms with van der Waals surface area (Å²) < 4.78 is 28.0. The number of hydrogen-bond acceptors (Lipinski definition) is 9. The van der Waals surface area contributed by atoms with E-state index in [0.29, 0.717) is 48.0 Å². The van der Waals surface area contributed by atoms with Crippen LogP contribution in [0.25, 0.3) is 0 Å². The molecule has 10 heteroatoms. The molecule has 2 N–H and O–H groups in total. The van der Waals surface area contributed by atoms with Gasteiger partial charge in [0.25, 0.3) is 0 Å². The second kappa shape index (κ2) is 13.8. The van der Waals surface area contributed by atoms with Gasteiger partial charge < -0.3 is 38.5 Å². The van der Waals surface area contributed by atoms with Gasteiger partial charge in [-0.1, -0.05) is 38.1 Å². The quantitative estimate of drug-likeness (QED) is 0.144. The first kappa shape index (κ1) is 38.3. The van der Waals surface area contributed by atoms with E-state index in [0.717, 1.165) is 42.4 Å². The number of amides is 1. The molecule has 298 valence electrons. The second-order valence-corrected chi connectivity index (χ2v) is 17.4. The predicted molar refractivity (Wildman–Crippen MR) is 210 cm³/mol. The minimum Gasteiger partial charge on any atom is -0.497 e. The third kappa shape index (κ3) is 5.57. The van der Waals surface area contributed by atoms with E-state index in [2.05, 4.69) is 32.1 Å². The van der Waals surface area contributed by atoms with Gasteiger partial charge >= 0.3 is 0 Å². The van der Waals surface area contributed by atoms with Crippen LogP contribution >= 0.6 is 0 Å². The number of hydrogen-bond donors (Lipinski definition) is 2. The molecule has 2 bridgehead atoms. The zero-order chi connectivity index (χ0) is 39.7. The van der Waals surface area contributed by atoms with Crippen molar-refractivity contribution in [3.8, 4) is 23.0 Å². The maximum atomic E-state index is 14.6. The lowest BCUT2D eigenvalue weighted by molar-refractivity contribution is -0.178. The molecule has 10 nitrogen and oxygen atoms in total. The monoisotopic (exact) mass is 765 g/mol. The standard InChI is InChI=1S/C46H55NO9/c1-42-16-13-31(48)25-44(42)19-20-46(33(26-44)41(50)35-8-7-21-56-35)38(42)14-17-43(2)39(46)15-18-45(43,51)28-47(27-30-10-11-32(52-3)24-36(30)54-5)40(49)23-29-9-12-34(53-4)37(22-29)55-6/h7-12,19-22,24,26,31,38-39,48,51H,13-18,23,25,27-28H2,1-6H3/t31?,38-,39-,42-,43+,44+,45-,46-/m1/s1. The van der Waals surface area contributed by atoms with Gasteiger partial charge in [-0.3, -0.25) is 9.59 Å². The lowest BCUT2D eigenvalue weighted by Crippen LogP contribution is -2.67. The fourth-order valence-electron chi connectivity index (χ4n) is 12.2. The molecule has 0 aliphatic heterocycles. The Morgan fingerprint density at radius 2 is 1.57 bits per heavy atom. The maximum absolute atomic E-state index is 14.6. The zero-order valence-electron chi connectivity index (χ0n) is 33.4. The molecule has 8 atom stereocenters. The molecule has 6 aliphatic rings. The van der Waals surface area contributed by atoms with Crippen LogP contribution in [-0.4, -0.2) is 73.5 Å². The van der Waals surface area contributed by atoms with Crippen molar-refractivity contribution in [2.75, 3.05) is 35.0 Å². The Balaban J connectivity index is 1.18. The number of aliphatic hydroxyl groups is 2. The summed E-state index contributed by atoms with van der Waals surface area (Å²) in [5.41, 5.74) is -0.887. The van der Waals surface area contributed by atoms with Crippen molar-refractivity contribution in [3.05, 3.63) is 95.5 Å². The fraction of sp³-hybridized carbons (Fsp3) is 0.522. The highest BCUT2D eigenvalue weighted by Crippen LogP contribution is 2.78. The first-order chi connectivity index (χ1) is 26.8. The van der Waals surface area contributed by atoms with Crippen LogP contribution in [0.4, 0.5) is 0 Å². The first-order valence-electron chi connectivity index (χ1n) is 19.9. The highest BCUT2D eigenvalue weighted by molar-refractivity contribution is 6.08. The molecule has 0 radical (unpaired) electrons. The third-order valence-electron chi connectivity index (χ3n) is 15.2. The Bertz CT molecular complexity index is 2070. The summed E-state index contributed by atoms with van der Waals surface area (Å²) in [5, 5.41) is 24.3. The Hall–Kier alpha value is -4.54. The number of allylic oxidation sites excluding steroid dienone is 4. The Labute approximate surface area is 329 Å². The van der Waals surface area contributed by atoms with Gasteiger partial charge in [0.2, 0.25) is 11.7 Å². The molecule has 2 aromatic carbocycles. The Kier molecular flexibility index (Phi) is 9.47. The third-order valence-corrected chi connectivity index (χ3v) is 15.2. The summed E-state index contributed by atoms with van der Waals surface area (Å²) in [6.07, 6.45) is 12.8. The van der Waals surface area contributed by atoms with E-state index in [9.17, 15) is 19.8 Å². The Morgan fingerprint density at radius 3 is 2.29 bits per heavy atom. The van der Waals surface area contributed by atoms with Crippen molar-refractivity contribution in [1.29, 1.82) is 0 Å². The number of aliphatic hydroxyl groups excluding tert-OH is 1. The van der Waals surface area contributed by atoms with Crippen LogP contribution in [0.5, 0.6) is 23.0 Å². The molecule has 6 aliphatic carbocycles. The Morgan fingerprint density at radius 1 is 0.839 bits per heavy atom. The number of carbonyl (C=O) groups is 2. The molecule has 56 heavy (non-hydrogen) atoms. The highest BCUT2D eigenvalue weighted by Gasteiger charge is 2.74. The van der Waals surface area contributed by atoms with Crippen LogP contribution in [0, 0.1) is 33.5 Å². The van der Waals surface area contributed by atoms with Gasteiger partial charge in [0.05, 0.1) is 59.4 Å². The SMILES string of the molecule is COc1ccc(CN(C[C@]2(O)CC[C@H]3[C@]45C=C[C@@]6(C=C4C(=O)c4ccco4)CC(O)CC[C@]6(C)[C@H]5CC[C@@]32C)C(=O)Cc2ccc(OC)c(OC)c2)c(OC)c1. The number of benzene rings is 2. The molecule has 9 rings (SSSR count). The average molecular weight is 766 g/mol. The molecule has 3 aromatic rings. The lowest BCUT2D eigenvalue weighted by atomic mass is 9.32. The van der Waals surface area contributed by atoms with E-state index >= 15 is 0 Å². The zero-order valence-corrected chi connectivity index (χ0v) is 33.4. The van der Waals surface area contributed by atoms with Crippen LogP contribution in [0.2, 0.25) is 0 Å². The topological polar surface area (TPSA) is 128 Å². The molecule has 1 heterocycles. The molecule has 1 unspecified atom stereocenters. The van der Waals surface area contributed by atoms with Crippen molar-refractivity contribution < 1.29 is 43.2 Å². The van der Waals surface area contributed by atoms with Gasteiger partial charge in [0.1, 0.15) is 11.5 Å². The van der Waals surface area contributed by atoms with Crippen LogP contribution in [0.3, 0.4) is 0 Å². The average Bonchev–Trinajstić information content (AvgIpc) is 3.83. The number of furan rings is 1. The molecule has 2 spiro atoms. The van der Waals surface area contributed by atoms with Crippen molar-refractivity contribution >= 4 is 11.7 Å². The van der Waals surface area contributed by atoms with E-state index in [1.54, 1.807) is 51.5 Å². The molecular formula is C46H55NO9. The molecule has 0 saturated heterocycles. The van der Waals surface area contributed by atoms with E-state index < -0.39 is 27.9 Å². The van der Waals surface area contributed by atoms with Crippen molar-refractivity contribution in [3.63, 3.8) is 0 Å². The van der Waals surface area contributed by atoms with E-state index in [1.807, 2.05) is 30.3 Å². The number of Topliss-reactive ketones (excluding diaryl/α,β-unsaturated/α-hetero) is 1. The van der Waals surface area contributed by atoms with Gasteiger partial charge in [0.15, 0.2) is 17.3 Å². The van der Waals surface area contributed by atoms with Gasteiger partial charge in [-0.2, -0.15) is 0 Å². The smallest absolute Gasteiger partial charge is 0.227 e. The summed E-state index contributed by atoms with van der Waals surface area (Å²) in [5.74, 6) is 2.43. The van der Waals surface area contributed by atoms with Crippen LogP contribution in [-0.2, 0) is 17.8 Å². The highest BCUT2D eigenvalue weighted by atomic mass is 16.5. The number of rotatable bonds is 12. The molecule has 1 aromatic heterocycles. The molecular weight excluding hydrogens is 711 g/mol. The van der Waals surface area contributed by atoms with Crippen molar-refractivity contribution in [2.24, 2.45) is 33.5 Å². The summed E-state index contributed by atoms with van der Waals surface area (Å²) in [6, 6.07) is 14.5. The first-order valence-corrected chi connectivity index (χ1v) is 19.9. The lowest BCUT2D eigenvalue weighted by Gasteiger charge is -2.71. The van der Waals surface area contributed by atoms with E-state index in [1.165, 1.54) is 6.26 Å². The largest absolute Gasteiger partial charge is 0.497 e. The number of ether oxygens (including phenoxy) is 4. The van der Waals surface area contributed by atoms with Crippen LogP contribution < -0.4 is 18.9 Å². The van der Waals surface area contributed by atoms with E-state index in [4.69, 9.17) is 23.4 Å².